The van der Waals surface area contributed by atoms with E-state index < -0.39 is 0 Å². The number of fused-ring (bicyclic) bond motifs is 2. The predicted octanol–water partition coefficient (Wildman–Crippen LogP) is 5.30. The second kappa shape index (κ2) is 7.35. The maximum Gasteiger partial charge on any atom is 0.0815 e. The Labute approximate surface area is 150 Å². The summed E-state index contributed by atoms with van der Waals surface area (Å²) in [7, 11) is 3.39. The van der Waals surface area contributed by atoms with Gasteiger partial charge in [0.1, 0.15) is 0 Å². The van der Waals surface area contributed by atoms with Crippen LogP contribution in [0.1, 0.15) is 34.2 Å². The van der Waals surface area contributed by atoms with Crippen LogP contribution in [0.2, 0.25) is 0 Å². The van der Waals surface area contributed by atoms with E-state index in [9.17, 15) is 5.21 Å². The molecule has 0 aliphatic heterocycles. The van der Waals surface area contributed by atoms with E-state index in [-0.39, 0.29) is 17.1 Å². The van der Waals surface area contributed by atoms with E-state index in [1.54, 1.807) is 14.1 Å². The van der Waals surface area contributed by atoms with Crippen LogP contribution in [0.3, 0.4) is 0 Å². The molecule has 0 unspecified atom stereocenters. The first-order chi connectivity index (χ1) is 11.0. The highest BCUT2D eigenvalue weighted by Gasteiger charge is 2.15. The van der Waals surface area contributed by atoms with Crippen LogP contribution >= 0.6 is 12.4 Å². The molecule has 1 aliphatic carbocycles. The number of halogens is 1. The Bertz CT molecular complexity index is 785. The summed E-state index contributed by atoms with van der Waals surface area (Å²) in [5, 5.41) is 11.9. The van der Waals surface area contributed by atoms with Gasteiger partial charge in [-0.25, -0.2) is 0 Å². The van der Waals surface area contributed by atoms with Gasteiger partial charge < -0.3 is 9.85 Å². The molecular formula is C21H24ClNO. The van der Waals surface area contributed by atoms with Gasteiger partial charge in [0.25, 0.3) is 0 Å². The third-order valence-electron chi connectivity index (χ3n) is 4.31. The molecule has 0 spiro atoms. The molecule has 126 valence electrons. The molecule has 0 N–H and O–H groups in total. The third kappa shape index (κ3) is 3.96. The molecule has 2 nitrogen and oxygen atoms in total. The van der Waals surface area contributed by atoms with Crippen molar-refractivity contribution < 1.29 is 4.65 Å². The van der Waals surface area contributed by atoms with Crippen molar-refractivity contribution in [2.75, 3.05) is 20.6 Å². The molecule has 3 heteroatoms. The van der Waals surface area contributed by atoms with E-state index in [1.807, 2.05) is 0 Å². The van der Waals surface area contributed by atoms with Crippen molar-refractivity contribution in [2.45, 2.75) is 13.3 Å². The molecule has 0 saturated carbocycles. The Hall–Kier alpha value is -1.87. The summed E-state index contributed by atoms with van der Waals surface area (Å²) in [5.41, 5.74) is 7.50. The molecule has 24 heavy (non-hydrogen) atoms. The van der Waals surface area contributed by atoms with Gasteiger partial charge >= 0.3 is 0 Å². The summed E-state index contributed by atoms with van der Waals surface area (Å²) in [6.45, 7) is 2.73. The van der Waals surface area contributed by atoms with Gasteiger partial charge in [-0.05, 0) is 40.3 Å². The van der Waals surface area contributed by atoms with Crippen LogP contribution < -0.4 is 0 Å². The number of quaternary nitrogens is 1. The standard InChI is InChI=1S/C21H23NO.ClH/c1-16-8-6-11-20-18(16)14-13-17-9-4-5-10-19(17)21(20)12-7-15-22(2,3)23;/h4-6,8-14H,7,15H2,1-3H3;1H. The van der Waals surface area contributed by atoms with Gasteiger partial charge in [-0.15, -0.1) is 12.4 Å². The Balaban J connectivity index is 0.00000208. The summed E-state index contributed by atoms with van der Waals surface area (Å²) >= 11 is 0. The summed E-state index contributed by atoms with van der Waals surface area (Å²) < 4.78 is -0.260. The second-order valence-corrected chi connectivity index (χ2v) is 6.66. The molecule has 2 aromatic carbocycles. The predicted molar refractivity (Wildman–Crippen MR) is 106 cm³/mol. The molecule has 0 saturated heterocycles. The zero-order valence-corrected chi connectivity index (χ0v) is 15.3. The largest absolute Gasteiger partial charge is 0.633 e. The minimum atomic E-state index is -0.260. The monoisotopic (exact) mass is 341 g/mol. The molecule has 0 bridgehead atoms. The first kappa shape index (κ1) is 18.5. The average molecular weight is 342 g/mol. The Kier molecular flexibility index (Phi) is 5.66. The summed E-state index contributed by atoms with van der Waals surface area (Å²) in [6.07, 6.45) is 7.39. The van der Waals surface area contributed by atoms with E-state index in [2.05, 4.69) is 67.6 Å². The van der Waals surface area contributed by atoms with Crippen LogP contribution in [-0.2, 0) is 0 Å². The lowest BCUT2D eigenvalue weighted by Gasteiger charge is -2.33. The first-order valence-corrected chi connectivity index (χ1v) is 8.07. The molecule has 0 fully saturated rings. The van der Waals surface area contributed by atoms with Gasteiger partial charge in [-0.3, -0.25) is 0 Å². The summed E-state index contributed by atoms with van der Waals surface area (Å²) in [6, 6.07) is 14.9. The number of hydrogen-bond donors (Lipinski definition) is 0. The van der Waals surface area contributed by atoms with Crippen molar-refractivity contribution in [1.29, 1.82) is 0 Å². The average Bonchev–Trinajstić information content (AvgIpc) is 2.65. The first-order valence-electron chi connectivity index (χ1n) is 8.07. The lowest BCUT2D eigenvalue weighted by molar-refractivity contribution is -0.839. The molecule has 0 aromatic heterocycles. The number of nitrogens with zero attached hydrogens (tertiary/aromatic N) is 1. The lowest BCUT2D eigenvalue weighted by Crippen LogP contribution is -2.32. The Morgan fingerprint density at radius 2 is 1.67 bits per heavy atom. The van der Waals surface area contributed by atoms with E-state index in [0.717, 1.165) is 6.42 Å². The van der Waals surface area contributed by atoms with E-state index in [1.165, 1.54) is 33.4 Å². The number of hydrogen-bond acceptors (Lipinski definition) is 1. The summed E-state index contributed by atoms with van der Waals surface area (Å²) in [4.78, 5) is 0. The fourth-order valence-electron chi connectivity index (χ4n) is 3.08. The minimum absolute atomic E-state index is 0. The van der Waals surface area contributed by atoms with Gasteiger partial charge in [0.2, 0.25) is 0 Å². The zero-order chi connectivity index (χ0) is 16.4. The Morgan fingerprint density at radius 1 is 0.958 bits per heavy atom. The van der Waals surface area contributed by atoms with Crippen LogP contribution in [0.4, 0.5) is 0 Å². The Morgan fingerprint density at radius 3 is 2.42 bits per heavy atom. The van der Waals surface area contributed by atoms with E-state index in [4.69, 9.17) is 0 Å². The zero-order valence-electron chi connectivity index (χ0n) is 14.5. The van der Waals surface area contributed by atoms with Crippen LogP contribution in [0.5, 0.6) is 0 Å². The van der Waals surface area contributed by atoms with Crippen LogP contribution in [-0.4, -0.2) is 25.3 Å². The molecule has 0 radical (unpaired) electrons. The molecule has 1 aliphatic rings. The van der Waals surface area contributed by atoms with Crippen molar-refractivity contribution in [3.8, 4) is 0 Å². The number of hydroxylamine groups is 3. The van der Waals surface area contributed by atoms with Crippen molar-refractivity contribution in [1.82, 2.24) is 0 Å². The maximum atomic E-state index is 11.9. The number of benzene rings is 2. The third-order valence-corrected chi connectivity index (χ3v) is 4.31. The molecule has 3 rings (SSSR count). The smallest absolute Gasteiger partial charge is 0.0815 e. The highest BCUT2D eigenvalue weighted by atomic mass is 35.5. The lowest BCUT2D eigenvalue weighted by atomic mass is 9.91. The molecule has 2 aromatic rings. The minimum Gasteiger partial charge on any atom is -0.633 e. The number of aryl methyl sites for hydroxylation is 1. The topological polar surface area (TPSA) is 23.1 Å². The second-order valence-electron chi connectivity index (χ2n) is 6.66. The van der Waals surface area contributed by atoms with Crippen molar-refractivity contribution in [3.63, 3.8) is 0 Å². The molecule has 0 heterocycles. The van der Waals surface area contributed by atoms with E-state index in [0.29, 0.717) is 6.54 Å². The van der Waals surface area contributed by atoms with Crippen LogP contribution in [0.15, 0.2) is 48.5 Å². The van der Waals surface area contributed by atoms with E-state index >= 15 is 0 Å². The van der Waals surface area contributed by atoms with Gasteiger partial charge in [0, 0.05) is 6.42 Å². The van der Waals surface area contributed by atoms with Crippen molar-refractivity contribution >= 4 is 30.1 Å². The summed E-state index contributed by atoms with van der Waals surface area (Å²) in [5.74, 6) is 0. The highest BCUT2D eigenvalue weighted by Crippen LogP contribution is 2.35. The fraction of sp³-hybridized carbons (Fsp3) is 0.238. The van der Waals surface area contributed by atoms with Gasteiger partial charge in [0.05, 0.1) is 20.6 Å². The number of rotatable bonds is 3. The van der Waals surface area contributed by atoms with Crippen molar-refractivity contribution in [2.24, 2.45) is 0 Å². The highest BCUT2D eigenvalue weighted by molar-refractivity contribution is 5.94. The normalized spacial score (nSPS) is 14.6. The van der Waals surface area contributed by atoms with Crippen molar-refractivity contribution in [3.05, 3.63) is 81.6 Å². The molecule has 0 atom stereocenters. The molecular weight excluding hydrogens is 318 g/mol. The van der Waals surface area contributed by atoms with Gasteiger partial charge in [-0.2, -0.15) is 0 Å². The fourth-order valence-corrected chi connectivity index (χ4v) is 3.08. The van der Waals surface area contributed by atoms with Gasteiger partial charge in [0.15, 0.2) is 0 Å². The van der Waals surface area contributed by atoms with Crippen LogP contribution in [0.25, 0.3) is 17.7 Å². The maximum absolute atomic E-state index is 11.9. The molecule has 0 amide bonds. The van der Waals surface area contributed by atoms with Crippen LogP contribution in [0, 0.1) is 12.1 Å². The van der Waals surface area contributed by atoms with Gasteiger partial charge in [-0.1, -0.05) is 60.7 Å². The quantitative estimate of drug-likeness (QED) is 0.468. The SMILES string of the molecule is Cc1cccc2c1C=Cc1ccccc1C2=CCC[N+](C)(C)[O-].Cl.